The average Bonchev–Trinajstić information content (AvgIpc) is 3.27. The number of esters is 4. The van der Waals surface area contributed by atoms with Gasteiger partial charge in [-0.1, -0.05) is 6.92 Å². The van der Waals surface area contributed by atoms with Crippen molar-refractivity contribution < 1.29 is 52.0 Å². The van der Waals surface area contributed by atoms with Gasteiger partial charge in [-0.2, -0.15) is 0 Å². The van der Waals surface area contributed by atoms with Crippen molar-refractivity contribution in [3.05, 3.63) is 23.7 Å². The molecule has 174 valence electrons. The van der Waals surface area contributed by atoms with Gasteiger partial charge in [-0.3, -0.25) is 9.59 Å². The second kappa shape index (κ2) is 15.9. The molecule has 0 aromatic carbocycles. The summed E-state index contributed by atoms with van der Waals surface area (Å²) in [7, 11) is 1.24. The fourth-order valence-corrected chi connectivity index (χ4v) is 2.03. The molecule has 0 aliphatic carbocycles. The highest BCUT2D eigenvalue weighted by Gasteiger charge is 2.18. The summed E-state index contributed by atoms with van der Waals surface area (Å²) in [6.45, 7) is 3.01. The van der Waals surface area contributed by atoms with Crippen LogP contribution in [-0.4, -0.2) is 77.2 Å². The maximum atomic E-state index is 11.9. The van der Waals surface area contributed by atoms with Gasteiger partial charge < -0.3 is 32.8 Å². The summed E-state index contributed by atoms with van der Waals surface area (Å²) in [4.78, 5) is 45.9. The first kappa shape index (κ1) is 26.1. The number of rotatable bonds is 16. The molecule has 31 heavy (non-hydrogen) atoms. The molecule has 1 aromatic heterocycles. The van der Waals surface area contributed by atoms with Gasteiger partial charge in [0.1, 0.15) is 19.8 Å². The first-order valence-corrected chi connectivity index (χ1v) is 9.80. The Morgan fingerprint density at radius 2 is 1.19 bits per heavy atom. The van der Waals surface area contributed by atoms with Crippen molar-refractivity contribution in [2.24, 2.45) is 0 Å². The molecule has 11 heteroatoms. The van der Waals surface area contributed by atoms with Gasteiger partial charge in [-0.05, 0) is 18.6 Å². The lowest BCUT2D eigenvalue weighted by atomic mass is 10.3. The van der Waals surface area contributed by atoms with Crippen LogP contribution in [0, 0.1) is 0 Å². The van der Waals surface area contributed by atoms with Gasteiger partial charge >= 0.3 is 23.9 Å². The quantitative estimate of drug-likeness (QED) is 0.208. The van der Waals surface area contributed by atoms with Crippen LogP contribution in [0.4, 0.5) is 0 Å². The van der Waals surface area contributed by atoms with Crippen LogP contribution in [0.25, 0.3) is 0 Å². The smallest absolute Gasteiger partial charge is 0.374 e. The molecule has 0 atom stereocenters. The van der Waals surface area contributed by atoms with Gasteiger partial charge in [0, 0.05) is 6.61 Å². The average molecular weight is 444 g/mol. The molecule has 11 nitrogen and oxygen atoms in total. The van der Waals surface area contributed by atoms with E-state index in [1.807, 2.05) is 6.92 Å². The minimum Gasteiger partial charge on any atom is -0.469 e. The van der Waals surface area contributed by atoms with E-state index >= 15 is 0 Å². The van der Waals surface area contributed by atoms with Crippen LogP contribution in [0.5, 0.6) is 0 Å². The Bertz CT molecular complexity index is 695. The predicted molar refractivity (Wildman–Crippen MR) is 103 cm³/mol. The highest BCUT2D eigenvalue weighted by Crippen LogP contribution is 2.10. The second-order valence-corrected chi connectivity index (χ2v) is 5.96. The van der Waals surface area contributed by atoms with Crippen molar-refractivity contribution in [1.29, 1.82) is 0 Å². The molecule has 0 amide bonds. The monoisotopic (exact) mass is 444 g/mol. The molecule has 0 saturated heterocycles. The van der Waals surface area contributed by atoms with Crippen molar-refractivity contribution in [1.82, 2.24) is 0 Å². The molecule has 1 rings (SSSR count). The van der Waals surface area contributed by atoms with Gasteiger partial charge in [0.25, 0.3) is 0 Å². The third-order valence-corrected chi connectivity index (χ3v) is 3.53. The minimum atomic E-state index is -0.761. The summed E-state index contributed by atoms with van der Waals surface area (Å²) in [6.07, 6.45) is 0.746. The molecule has 0 aliphatic rings. The fraction of sp³-hybridized carbons (Fsp3) is 0.600. The largest absolute Gasteiger partial charge is 0.469 e. The molecule has 1 heterocycles. The summed E-state index contributed by atoms with van der Waals surface area (Å²) in [6, 6.07) is 2.62. The molecule has 0 fully saturated rings. The number of furan rings is 1. The molecule has 0 saturated carbocycles. The maximum Gasteiger partial charge on any atom is 0.374 e. The van der Waals surface area contributed by atoms with Crippen LogP contribution in [-0.2, 0) is 38.0 Å². The Morgan fingerprint density at radius 1 is 0.710 bits per heavy atom. The SMILES string of the molecule is CCCOCCOC(=O)c1ccc(C(=O)OCCOCCOC(=O)CCC(=O)OC)o1. The number of hydrogen-bond donors (Lipinski definition) is 0. The third kappa shape index (κ3) is 11.7. The first-order chi connectivity index (χ1) is 15.0. The topological polar surface area (TPSA) is 137 Å². The Labute approximate surface area is 179 Å². The van der Waals surface area contributed by atoms with E-state index in [1.54, 1.807) is 0 Å². The molecule has 0 radical (unpaired) electrons. The zero-order valence-electron chi connectivity index (χ0n) is 17.7. The molecule has 0 spiro atoms. The van der Waals surface area contributed by atoms with E-state index in [0.717, 1.165) is 6.42 Å². The fourth-order valence-electron chi connectivity index (χ4n) is 2.03. The zero-order chi connectivity index (χ0) is 22.9. The molecular formula is C20H28O11. The molecule has 1 aromatic rings. The molecule has 0 unspecified atom stereocenters. The Hall–Kier alpha value is -2.92. The zero-order valence-corrected chi connectivity index (χ0v) is 17.7. The van der Waals surface area contributed by atoms with E-state index in [4.69, 9.17) is 28.1 Å². The number of hydrogen-bond acceptors (Lipinski definition) is 11. The van der Waals surface area contributed by atoms with Crippen LogP contribution < -0.4 is 0 Å². The Morgan fingerprint density at radius 3 is 1.71 bits per heavy atom. The van der Waals surface area contributed by atoms with Gasteiger partial charge in [-0.25, -0.2) is 9.59 Å². The lowest BCUT2D eigenvalue weighted by Crippen LogP contribution is -2.15. The molecule has 0 aliphatic heterocycles. The van der Waals surface area contributed by atoms with Gasteiger partial charge in [0.2, 0.25) is 11.5 Å². The Balaban J connectivity index is 2.13. The van der Waals surface area contributed by atoms with E-state index < -0.39 is 23.9 Å². The summed E-state index contributed by atoms with van der Waals surface area (Å²) in [5, 5.41) is 0. The molecular weight excluding hydrogens is 416 g/mol. The standard InChI is InChI=1S/C20H28O11/c1-3-8-26-10-13-29-19(23)15-4-5-16(31-15)20(24)30-14-11-27-9-12-28-18(22)7-6-17(21)25-2/h4-5H,3,6-14H2,1-2H3. The van der Waals surface area contributed by atoms with Crippen molar-refractivity contribution >= 4 is 23.9 Å². The van der Waals surface area contributed by atoms with Crippen LogP contribution >= 0.6 is 0 Å². The van der Waals surface area contributed by atoms with Crippen molar-refractivity contribution in [3.63, 3.8) is 0 Å². The van der Waals surface area contributed by atoms with E-state index in [0.29, 0.717) is 6.61 Å². The van der Waals surface area contributed by atoms with Crippen molar-refractivity contribution in [2.75, 3.05) is 53.4 Å². The number of ether oxygens (including phenoxy) is 6. The van der Waals surface area contributed by atoms with Crippen LogP contribution in [0.1, 0.15) is 47.3 Å². The summed E-state index contributed by atoms with van der Waals surface area (Å²) >= 11 is 0. The normalized spacial score (nSPS) is 10.4. The van der Waals surface area contributed by atoms with Crippen LogP contribution in [0.3, 0.4) is 0 Å². The predicted octanol–water partition coefficient (Wildman–Crippen LogP) is 1.53. The number of carbonyl (C=O) groups is 4. The summed E-state index contributed by atoms with van der Waals surface area (Å²) in [5.74, 6) is -2.76. The van der Waals surface area contributed by atoms with E-state index in [9.17, 15) is 19.2 Å². The minimum absolute atomic E-state index is 0.00108. The molecule has 0 bridgehead atoms. The van der Waals surface area contributed by atoms with Gasteiger partial charge in [-0.15, -0.1) is 0 Å². The number of carbonyl (C=O) groups excluding carboxylic acids is 4. The third-order valence-electron chi connectivity index (χ3n) is 3.53. The van der Waals surface area contributed by atoms with Crippen molar-refractivity contribution in [3.8, 4) is 0 Å². The summed E-state index contributed by atoms with van der Waals surface area (Å²) in [5.41, 5.74) is 0. The van der Waals surface area contributed by atoms with E-state index in [-0.39, 0.29) is 64.0 Å². The molecule has 0 N–H and O–H groups in total. The maximum absolute atomic E-state index is 11.9. The van der Waals surface area contributed by atoms with Crippen molar-refractivity contribution in [2.45, 2.75) is 26.2 Å². The van der Waals surface area contributed by atoms with Gasteiger partial charge in [0.15, 0.2) is 0 Å². The van der Waals surface area contributed by atoms with Gasteiger partial charge in [0.05, 0.1) is 39.8 Å². The summed E-state index contributed by atoms with van der Waals surface area (Å²) < 4.78 is 34.7. The second-order valence-electron chi connectivity index (χ2n) is 5.96. The highest BCUT2D eigenvalue weighted by molar-refractivity contribution is 5.90. The highest BCUT2D eigenvalue weighted by atomic mass is 16.6. The Kier molecular flexibility index (Phi) is 13.4. The first-order valence-electron chi connectivity index (χ1n) is 9.80. The van der Waals surface area contributed by atoms with Crippen LogP contribution in [0.15, 0.2) is 16.5 Å². The lowest BCUT2D eigenvalue weighted by molar-refractivity contribution is -0.150. The van der Waals surface area contributed by atoms with Crippen LogP contribution in [0.2, 0.25) is 0 Å². The lowest BCUT2D eigenvalue weighted by Gasteiger charge is -2.06. The number of methoxy groups -OCH3 is 1. The van der Waals surface area contributed by atoms with E-state index in [2.05, 4.69) is 4.74 Å². The van der Waals surface area contributed by atoms with E-state index in [1.165, 1.54) is 19.2 Å².